The van der Waals surface area contributed by atoms with Gasteiger partial charge in [-0.2, -0.15) is 0 Å². The zero-order chi connectivity index (χ0) is 21.7. The fourth-order valence-electron chi connectivity index (χ4n) is 4.48. The summed E-state index contributed by atoms with van der Waals surface area (Å²) in [5.74, 6) is 0.825. The lowest BCUT2D eigenvalue weighted by molar-refractivity contribution is 0.462. The minimum absolute atomic E-state index is 0.359. The molecule has 1 aliphatic rings. The van der Waals surface area contributed by atoms with E-state index in [1.165, 1.54) is 11.4 Å². The van der Waals surface area contributed by atoms with Gasteiger partial charge in [0.1, 0.15) is 11.5 Å². The van der Waals surface area contributed by atoms with Crippen LogP contribution in [0.3, 0.4) is 0 Å². The Morgan fingerprint density at radius 3 is 1.50 bits per heavy atom. The molecule has 0 amide bonds. The summed E-state index contributed by atoms with van der Waals surface area (Å²) in [5, 5.41) is 20.5. The summed E-state index contributed by atoms with van der Waals surface area (Å²) in [6.07, 6.45) is 6.30. The minimum atomic E-state index is 0.359. The molecule has 1 aliphatic heterocycles. The summed E-state index contributed by atoms with van der Waals surface area (Å²) < 4.78 is 0. The number of aryl methyl sites for hydroxylation is 2. The van der Waals surface area contributed by atoms with E-state index in [0.717, 1.165) is 62.7 Å². The molecule has 0 saturated carbocycles. The van der Waals surface area contributed by atoms with E-state index in [9.17, 15) is 10.2 Å². The number of benzene rings is 2. The Morgan fingerprint density at radius 2 is 1.13 bits per heavy atom. The highest BCUT2D eigenvalue weighted by Gasteiger charge is 2.30. The zero-order valence-electron chi connectivity index (χ0n) is 19.1. The first kappa shape index (κ1) is 22.3. The molecule has 2 unspecified atom stereocenters. The Kier molecular flexibility index (Phi) is 7.52. The predicted octanol–water partition coefficient (Wildman–Crippen LogP) is 5.89. The summed E-state index contributed by atoms with van der Waals surface area (Å²) in [7, 11) is 0. The van der Waals surface area contributed by atoms with Crippen LogP contribution in [0.4, 0.5) is 11.4 Å². The number of nitrogens with zero attached hydrogens (tertiary/aromatic N) is 2. The normalized spacial score (nSPS) is 19.3. The standard InChI is InChI=1S/C26H38N2O2/c1-5-7-9-21-15-23(11-13-25(21)29)27-17-20(4)28(18-19(27)3)24-12-14-26(30)22(16-24)10-8-6-2/h11-16,19-20,29-30H,5-10,17-18H2,1-4H3. The number of piperazine rings is 1. The van der Waals surface area contributed by atoms with Crippen molar-refractivity contribution in [2.45, 2.75) is 78.3 Å². The quantitative estimate of drug-likeness (QED) is 0.570. The van der Waals surface area contributed by atoms with E-state index < -0.39 is 0 Å². The Bertz CT molecular complexity index is 766. The van der Waals surface area contributed by atoms with E-state index >= 15 is 0 Å². The molecular weight excluding hydrogens is 372 g/mol. The maximum atomic E-state index is 10.2. The van der Waals surface area contributed by atoms with E-state index in [-0.39, 0.29) is 0 Å². The second-order valence-corrected chi connectivity index (χ2v) is 8.84. The molecule has 2 N–H and O–H groups in total. The van der Waals surface area contributed by atoms with Gasteiger partial charge in [-0.3, -0.25) is 0 Å². The van der Waals surface area contributed by atoms with Gasteiger partial charge in [-0.1, -0.05) is 26.7 Å². The third kappa shape index (κ3) is 5.03. The Balaban J connectivity index is 1.77. The summed E-state index contributed by atoms with van der Waals surface area (Å²) >= 11 is 0. The van der Waals surface area contributed by atoms with Crippen LogP contribution in [0.2, 0.25) is 0 Å². The first-order valence-electron chi connectivity index (χ1n) is 11.6. The van der Waals surface area contributed by atoms with Gasteiger partial charge in [0, 0.05) is 36.5 Å². The number of phenolic OH excluding ortho intramolecular Hbond substituents is 2. The van der Waals surface area contributed by atoms with Crippen LogP contribution in [0.15, 0.2) is 36.4 Å². The lowest BCUT2D eigenvalue weighted by atomic mass is 10.0. The van der Waals surface area contributed by atoms with Crippen LogP contribution >= 0.6 is 0 Å². The van der Waals surface area contributed by atoms with Crippen molar-refractivity contribution in [1.82, 2.24) is 0 Å². The summed E-state index contributed by atoms with van der Waals surface area (Å²) in [6.45, 7) is 10.8. The SMILES string of the molecule is CCCCc1cc(N2CC(C)N(c3ccc(O)c(CCCC)c3)CC2C)ccc1O. The highest BCUT2D eigenvalue weighted by Crippen LogP contribution is 2.32. The molecule has 30 heavy (non-hydrogen) atoms. The number of hydrogen-bond donors (Lipinski definition) is 2. The first-order chi connectivity index (χ1) is 14.4. The number of anilines is 2. The average molecular weight is 411 g/mol. The van der Waals surface area contributed by atoms with Gasteiger partial charge in [0.05, 0.1) is 0 Å². The largest absolute Gasteiger partial charge is 0.508 e. The van der Waals surface area contributed by atoms with Gasteiger partial charge in [0.15, 0.2) is 0 Å². The maximum absolute atomic E-state index is 10.2. The Hall–Kier alpha value is -2.36. The van der Waals surface area contributed by atoms with Crippen molar-refractivity contribution in [3.63, 3.8) is 0 Å². The van der Waals surface area contributed by atoms with Gasteiger partial charge in [-0.25, -0.2) is 0 Å². The predicted molar refractivity (Wildman–Crippen MR) is 127 cm³/mol. The average Bonchev–Trinajstić information content (AvgIpc) is 2.74. The third-order valence-electron chi connectivity index (χ3n) is 6.37. The molecule has 0 spiro atoms. The van der Waals surface area contributed by atoms with Gasteiger partial charge in [-0.15, -0.1) is 0 Å². The summed E-state index contributed by atoms with van der Waals surface area (Å²) in [5.41, 5.74) is 4.51. The molecule has 0 aliphatic carbocycles. The van der Waals surface area contributed by atoms with Crippen LogP contribution in [0.25, 0.3) is 0 Å². The van der Waals surface area contributed by atoms with Crippen molar-refractivity contribution < 1.29 is 10.2 Å². The minimum Gasteiger partial charge on any atom is -0.508 e. The summed E-state index contributed by atoms with van der Waals surface area (Å²) in [6, 6.07) is 12.9. The fourth-order valence-corrected chi connectivity index (χ4v) is 4.48. The maximum Gasteiger partial charge on any atom is 0.118 e. The fraction of sp³-hybridized carbons (Fsp3) is 0.538. The molecule has 4 heteroatoms. The highest BCUT2D eigenvalue weighted by atomic mass is 16.3. The molecule has 1 fully saturated rings. The molecule has 1 saturated heterocycles. The molecule has 2 atom stereocenters. The van der Waals surface area contributed by atoms with Crippen molar-refractivity contribution in [1.29, 1.82) is 0 Å². The Labute approximate surface area is 182 Å². The van der Waals surface area contributed by atoms with E-state index in [4.69, 9.17) is 0 Å². The molecular formula is C26H38N2O2. The van der Waals surface area contributed by atoms with Crippen molar-refractivity contribution in [3.05, 3.63) is 47.5 Å². The van der Waals surface area contributed by atoms with Crippen molar-refractivity contribution in [2.24, 2.45) is 0 Å². The lowest BCUT2D eigenvalue weighted by Gasteiger charge is -2.46. The zero-order valence-corrected chi connectivity index (χ0v) is 19.1. The van der Waals surface area contributed by atoms with Gasteiger partial charge in [0.2, 0.25) is 0 Å². The van der Waals surface area contributed by atoms with Crippen molar-refractivity contribution >= 4 is 11.4 Å². The van der Waals surface area contributed by atoms with Crippen molar-refractivity contribution in [3.8, 4) is 11.5 Å². The van der Waals surface area contributed by atoms with Crippen LogP contribution in [0.5, 0.6) is 11.5 Å². The Morgan fingerprint density at radius 1 is 0.733 bits per heavy atom. The molecule has 1 heterocycles. The van der Waals surface area contributed by atoms with Crippen LogP contribution in [0, 0.1) is 0 Å². The first-order valence-corrected chi connectivity index (χ1v) is 11.6. The topological polar surface area (TPSA) is 46.9 Å². The second kappa shape index (κ2) is 10.1. The van der Waals surface area contributed by atoms with Crippen LogP contribution in [-0.4, -0.2) is 35.4 Å². The van der Waals surface area contributed by atoms with Gasteiger partial charge in [-0.05, 0) is 87.1 Å². The number of aromatic hydroxyl groups is 2. The monoisotopic (exact) mass is 410 g/mol. The molecule has 4 nitrogen and oxygen atoms in total. The van der Waals surface area contributed by atoms with Crippen LogP contribution in [-0.2, 0) is 12.8 Å². The summed E-state index contributed by atoms with van der Waals surface area (Å²) in [4.78, 5) is 4.93. The second-order valence-electron chi connectivity index (χ2n) is 8.84. The molecule has 0 bridgehead atoms. The van der Waals surface area contributed by atoms with Crippen molar-refractivity contribution in [2.75, 3.05) is 22.9 Å². The third-order valence-corrected chi connectivity index (χ3v) is 6.37. The van der Waals surface area contributed by atoms with Gasteiger partial charge < -0.3 is 20.0 Å². The molecule has 164 valence electrons. The number of unbranched alkanes of at least 4 members (excludes halogenated alkanes) is 2. The van der Waals surface area contributed by atoms with E-state index in [1.54, 1.807) is 0 Å². The molecule has 3 rings (SSSR count). The number of rotatable bonds is 8. The van der Waals surface area contributed by atoms with E-state index in [2.05, 4.69) is 49.6 Å². The number of hydrogen-bond acceptors (Lipinski definition) is 4. The van der Waals surface area contributed by atoms with E-state index in [1.807, 2.05) is 24.3 Å². The highest BCUT2D eigenvalue weighted by molar-refractivity contribution is 5.58. The van der Waals surface area contributed by atoms with Gasteiger partial charge >= 0.3 is 0 Å². The number of phenols is 2. The van der Waals surface area contributed by atoms with Crippen LogP contribution < -0.4 is 9.80 Å². The van der Waals surface area contributed by atoms with E-state index in [0.29, 0.717) is 23.6 Å². The molecule has 2 aromatic carbocycles. The molecule has 0 aromatic heterocycles. The van der Waals surface area contributed by atoms with Gasteiger partial charge in [0.25, 0.3) is 0 Å². The smallest absolute Gasteiger partial charge is 0.118 e. The molecule has 2 aromatic rings. The lowest BCUT2D eigenvalue weighted by Crippen LogP contribution is -2.56. The molecule has 0 radical (unpaired) electrons. The van der Waals surface area contributed by atoms with Crippen LogP contribution in [0.1, 0.15) is 64.5 Å².